The van der Waals surface area contributed by atoms with Crippen LogP contribution in [0, 0.1) is 5.92 Å². The second kappa shape index (κ2) is 7.63. The van der Waals surface area contributed by atoms with E-state index in [0.29, 0.717) is 36.1 Å². The Bertz CT molecular complexity index is 421. The lowest BCUT2D eigenvalue weighted by molar-refractivity contribution is 0.0944. The lowest BCUT2D eigenvalue weighted by Crippen LogP contribution is -2.29. The van der Waals surface area contributed by atoms with E-state index < -0.39 is 0 Å². The molecule has 0 bridgehead atoms. The molecule has 1 aromatic rings. The number of amides is 1. The van der Waals surface area contributed by atoms with Gasteiger partial charge in [-0.3, -0.25) is 4.79 Å². The van der Waals surface area contributed by atoms with Gasteiger partial charge in [0.2, 0.25) is 0 Å². The van der Waals surface area contributed by atoms with Crippen molar-refractivity contribution < 1.29 is 14.3 Å². The summed E-state index contributed by atoms with van der Waals surface area (Å²) in [6, 6.07) is 5.12. The smallest absolute Gasteiger partial charge is 0.255 e. The number of benzene rings is 1. The van der Waals surface area contributed by atoms with Crippen molar-refractivity contribution in [1.29, 1.82) is 0 Å². The molecule has 0 aromatic heterocycles. The van der Waals surface area contributed by atoms with Crippen LogP contribution in [0.15, 0.2) is 18.2 Å². The van der Waals surface area contributed by atoms with Gasteiger partial charge in [-0.25, -0.2) is 0 Å². The summed E-state index contributed by atoms with van der Waals surface area (Å²) in [7, 11) is 3.10. The second-order valence-corrected chi connectivity index (χ2v) is 4.46. The fourth-order valence-electron chi connectivity index (χ4n) is 1.73. The van der Waals surface area contributed by atoms with Gasteiger partial charge in [0.25, 0.3) is 5.91 Å². The number of methoxy groups -OCH3 is 2. The largest absolute Gasteiger partial charge is 0.497 e. The fraction of sp³-hybridized carbons (Fsp3) is 0.500. The standard InChI is InChI=1S/C14H22N2O3/c1-10(6-7-15)9-16-14(17)12-5-4-11(18-2)8-13(12)19-3/h4-5,8,10H,6-7,9,15H2,1-3H3,(H,16,17). The summed E-state index contributed by atoms with van der Waals surface area (Å²) in [5.74, 6) is 1.37. The first-order valence-corrected chi connectivity index (χ1v) is 6.32. The van der Waals surface area contributed by atoms with E-state index in [0.717, 1.165) is 6.42 Å². The predicted octanol–water partition coefficient (Wildman–Crippen LogP) is 1.42. The lowest BCUT2D eigenvalue weighted by Gasteiger charge is -2.13. The Kier molecular flexibility index (Phi) is 6.15. The van der Waals surface area contributed by atoms with Gasteiger partial charge in [-0.15, -0.1) is 0 Å². The van der Waals surface area contributed by atoms with E-state index in [1.807, 2.05) is 0 Å². The SMILES string of the molecule is COc1ccc(C(=O)NCC(C)CCN)c(OC)c1. The van der Waals surface area contributed by atoms with Crippen molar-refractivity contribution in [2.75, 3.05) is 27.3 Å². The Hall–Kier alpha value is -1.75. The average molecular weight is 266 g/mol. The third-order valence-electron chi connectivity index (χ3n) is 2.92. The van der Waals surface area contributed by atoms with E-state index in [1.54, 1.807) is 25.3 Å². The first kappa shape index (κ1) is 15.3. The second-order valence-electron chi connectivity index (χ2n) is 4.46. The Morgan fingerprint density at radius 2 is 2.11 bits per heavy atom. The molecule has 1 rings (SSSR count). The van der Waals surface area contributed by atoms with Crippen molar-refractivity contribution in [2.45, 2.75) is 13.3 Å². The van der Waals surface area contributed by atoms with Gasteiger partial charge in [-0.2, -0.15) is 0 Å². The zero-order valence-electron chi connectivity index (χ0n) is 11.7. The molecule has 1 atom stereocenters. The minimum atomic E-state index is -0.150. The molecule has 0 aliphatic rings. The number of hydrogen-bond acceptors (Lipinski definition) is 4. The van der Waals surface area contributed by atoms with Crippen molar-refractivity contribution in [3.63, 3.8) is 0 Å². The molecule has 0 aliphatic heterocycles. The van der Waals surface area contributed by atoms with Gasteiger partial charge in [-0.05, 0) is 31.0 Å². The van der Waals surface area contributed by atoms with E-state index >= 15 is 0 Å². The Balaban J connectivity index is 2.71. The Morgan fingerprint density at radius 1 is 1.37 bits per heavy atom. The van der Waals surface area contributed by atoms with Crippen molar-refractivity contribution in [1.82, 2.24) is 5.32 Å². The van der Waals surface area contributed by atoms with Gasteiger partial charge in [0.15, 0.2) is 0 Å². The fourth-order valence-corrected chi connectivity index (χ4v) is 1.73. The van der Waals surface area contributed by atoms with E-state index in [-0.39, 0.29) is 5.91 Å². The van der Waals surface area contributed by atoms with Gasteiger partial charge in [-0.1, -0.05) is 6.92 Å². The molecule has 0 saturated carbocycles. The van der Waals surface area contributed by atoms with Crippen LogP contribution in [0.25, 0.3) is 0 Å². The first-order valence-electron chi connectivity index (χ1n) is 6.32. The molecule has 1 amide bonds. The molecule has 106 valence electrons. The minimum Gasteiger partial charge on any atom is -0.497 e. The third kappa shape index (κ3) is 4.44. The number of nitrogens with two attached hydrogens (primary N) is 1. The van der Waals surface area contributed by atoms with Crippen molar-refractivity contribution in [3.05, 3.63) is 23.8 Å². The van der Waals surface area contributed by atoms with E-state index in [9.17, 15) is 4.79 Å². The van der Waals surface area contributed by atoms with E-state index in [4.69, 9.17) is 15.2 Å². The van der Waals surface area contributed by atoms with E-state index in [1.165, 1.54) is 7.11 Å². The van der Waals surface area contributed by atoms with Crippen LogP contribution in [0.1, 0.15) is 23.7 Å². The number of nitrogens with one attached hydrogen (secondary N) is 1. The molecule has 3 N–H and O–H groups in total. The van der Waals surface area contributed by atoms with E-state index in [2.05, 4.69) is 12.2 Å². The molecule has 1 unspecified atom stereocenters. The molecule has 5 heteroatoms. The van der Waals surface area contributed by atoms with Crippen LogP contribution in [0.5, 0.6) is 11.5 Å². The Morgan fingerprint density at radius 3 is 2.68 bits per heavy atom. The van der Waals surface area contributed by atoms with Crippen LogP contribution in [0.4, 0.5) is 0 Å². The number of rotatable bonds is 7. The number of carbonyl (C=O) groups excluding carboxylic acids is 1. The normalized spacial score (nSPS) is 11.8. The van der Waals surface area contributed by atoms with Crippen LogP contribution in [0.3, 0.4) is 0 Å². The molecule has 1 aromatic carbocycles. The van der Waals surface area contributed by atoms with Gasteiger partial charge < -0.3 is 20.5 Å². The highest BCUT2D eigenvalue weighted by molar-refractivity contribution is 5.97. The molecule has 0 fully saturated rings. The van der Waals surface area contributed by atoms with Crippen molar-refractivity contribution in [2.24, 2.45) is 11.7 Å². The molecule has 0 heterocycles. The van der Waals surface area contributed by atoms with Crippen LogP contribution < -0.4 is 20.5 Å². The molecule has 0 saturated heterocycles. The zero-order valence-corrected chi connectivity index (χ0v) is 11.7. The van der Waals surface area contributed by atoms with Gasteiger partial charge in [0.1, 0.15) is 11.5 Å². The number of hydrogen-bond donors (Lipinski definition) is 2. The van der Waals surface area contributed by atoms with Gasteiger partial charge in [0.05, 0.1) is 19.8 Å². The molecular formula is C14H22N2O3. The highest BCUT2D eigenvalue weighted by Gasteiger charge is 2.13. The maximum Gasteiger partial charge on any atom is 0.255 e. The molecule has 0 radical (unpaired) electrons. The first-order chi connectivity index (χ1) is 9.12. The summed E-state index contributed by atoms with van der Waals surface area (Å²) in [4.78, 5) is 12.1. The predicted molar refractivity (Wildman–Crippen MR) is 74.7 cm³/mol. The maximum atomic E-state index is 12.1. The molecule has 0 aliphatic carbocycles. The summed E-state index contributed by atoms with van der Waals surface area (Å²) in [6.45, 7) is 3.28. The summed E-state index contributed by atoms with van der Waals surface area (Å²) in [5.41, 5.74) is 5.98. The summed E-state index contributed by atoms with van der Waals surface area (Å²) >= 11 is 0. The quantitative estimate of drug-likeness (QED) is 0.782. The highest BCUT2D eigenvalue weighted by Crippen LogP contribution is 2.24. The van der Waals surface area contributed by atoms with Crippen LogP contribution in [-0.2, 0) is 0 Å². The average Bonchev–Trinajstić information content (AvgIpc) is 2.44. The number of carbonyl (C=O) groups is 1. The lowest BCUT2D eigenvalue weighted by atomic mass is 10.1. The molecular weight excluding hydrogens is 244 g/mol. The summed E-state index contributed by atoms with van der Waals surface area (Å²) in [6.07, 6.45) is 0.889. The van der Waals surface area contributed by atoms with Gasteiger partial charge >= 0.3 is 0 Å². The summed E-state index contributed by atoms with van der Waals surface area (Å²) in [5, 5.41) is 2.88. The van der Waals surface area contributed by atoms with Crippen LogP contribution in [0.2, 0.25) is 0 Å². The maximum absolute atomic E-state index is 12.1. The summed E-state index contributed by atoms with van der Waals surface area (Å²) < 4.78 is 10.3. The zero-order chi connectivity index (χ0) is 14.3. The monoisotopic (exact) mass is 266 g/mol. The topological polar surface area (TPSA) is 73.6 Å². The highest BCUT2D eigenvalue weighted by atomic mass is 16.5. The van der Waals surface area contributed by atoms with Gasteiger partial charge in [0, 0.05) is 12.6 Å². The molecule has 0 spiro atoms. The number of ether oxygens (including phenoxy) is 2. The van der Waals surface area contributed by atoms with Crippen LogP contribution in [-0.4, -0.2) is 33.2 Å². The Labute approximate surface area is 114 Å². The molecule has 19 heavy (non-hydrogen) atoms. The third-order valence-corrected chi connectivity index (χ3v) is 2.92. The van der Waals surface area contributed by atoms with Crippen molar-refractivity contribution in [3.8, 4) is 11.5 Å². The minimum absolute atomic E-state index is 0.150. The van der Waals surface area contributed by atoms with Crippen molar-refractivity contribution >= 4 is 5.91 Å². The van der Waals surface area contributed by atoms with Crippen LogP contribution >= 0.6 is 0 Å². The molecule has 5 nitrogen and oxygen atoms in total.